The van der Waals surface area contributed by atoms with Gasteiger partial charge in [0.15, 0.2) is 0 Å². The molecular formula is C9H6BrFN2O2. The first-order valence-electron chi connectivity index (χ1n) is 4.11. The number of carboxylic acids is 1. The van der Waals surface area contributed by atoms with Gasteiger partial charge in [-0.25, -0.2) is 9.07 Å². The van der Waals surface area contributed by atoms with Crippen LogP contribution in [0.4, 0.5) is 4.39 Å². The molecule has 0 spiro atoms. The van der Waals surface area contributed by atoms with Crippen molar-refractivity contribution in [3.05, 3.63) is 28.6 Å². The van der Waals surface area contributed by atoms with Gasteiger partial charge in [-0.1, -0.05) is 0 Å². The maximum atomic E-state index is 12.9. The van der Waals surface area contributed by atoms with Crippen molar-refractivity contribution in [3.8, 4) is 0 Å². The van der Waals surface area contributed by atoms with Crippen molar-refractivity contribution < 1.29 is 14.3 Å². The van der Waals surface area contributed by atoms with Gasteiger partial charge in [0.1, 0.15) is 17.0 Å². The zero-order valence-electron chi connectivity index (χ0n) is 7.44. The number of halogens is 2. The minimum atomic E-state index is -0.996. The number of aromatic nitrogens is 2. The summed E-state index contributed by atoms with van der Waals surface area (Å²) in [6.45, 7) is -0.253. The topological polar surface area (TPSA) is 55.1 Å². The lowest BCUT2D eigenvalue weighted by molar-refractivity contribution is -0.137. The summed E-state index contributed by atoms with van der Waals surface area (Å²) in [7, 11) is 0. The molecule has 0 aliphatic carbocycles. The highest BCUT2D eigenvalue weighted by atomic mass is 79.9. The second kappa shape index (κ2) is 3.62. The van der Waals surface area contributed by atoms with Crippen LogP contribution in [0.1, 0.15) is 0 Å². The summed E-state index contributed by atoms with van der Waals surface area (Å²) >= 11 is 3.18. The molecule has 0 saturated carbocycles. The summed E-state index contributed by atoms with van der Waals surface area (Å²) in [4.78, 5) is 10.5. The maximum Gasteiger partial charge on any atom is 0.325 e. The number of hydrogen-bond donors (Lipinski definition) is 1. The van der Waals surface area contributed by atoms with Crippen LogP contribution in [0.25, 0.3) is 10.9 Å². The van der Waals surface area contributed by atoms with Gasteiger partial charge in [0.05, 0.1) is 5.52 Å². The molecule has 4 nitrogen and oxygen atoms in total. The Hall–Kier alpha value is -1.43. The molecular weight excluding hydrogens is 267 g/mol. The monoisotopic (exact) mass is 272 g/mol. The fourth-order valence-corrected chi connectivity index (χ4v) is 1.83. The molecule has 0 radical (unpaired) electrons. The van der Waals surface area contributed by atoms with Crippen LogP contribution in [-0.2, 0) is 11.3 Å². The van der Waals surface area contributed by atoms with Crippen molar-refractivity contribution in [2.24, 2.45) is 0 Å². The largest absolute Gasteiger partial charge is 0.480 e. The van der Waals surface area contributed by atoms with Gasteiger partial charge in [0, 0.05) is 5.39 Å². The highest BCUT2D eigenvalue weighted by Gasteiger charge is 2.11. The van der Waals surface area contributed by atoms with Crippen LogP contribution in [0, 0.1) is 5.82 Å². The average Bonchev–Trinajstić information content (AvgIpc) is 2.44. The molecule has 1 N–H and O–H groups in total. The average molecular weight is 273 g/mol. The minimum Gasteiger partial charge on any atom is -0.480 e. The van der Waals surface area contributed by atoms with E-state index in [9.17, 15) is 9.18 Å². The van der Waals surface area contributed by atoms with E-state index in [0.29, 0.717) is 15.5 Å². The van der Waals surface area contributed by atoms with Crippen LogP contribution in [0.5, 0.6) is 0 Å². The van der Waals surface area contributed by atoms with Crippen LogP contribution >= 0.6 is 15.9 Å². The lowest BCUT2D eigenvalue weighted by Crippen LogP contribution is -2.09. The van der Waals surface area contributed by atoms with E-state index in [0.717, 1.165) is 0 Å². The summed E-state index contributed by atoms with van der Waals surface area (Å²) in [5.41, 5.74) is 0.560. The van der Waals surface area contributed by atoms with Crippen LogP contribution in [0.2, 0.25) is 0 Å². The zero-order valence-corrected chi connectivity index (χ0v) is 9.03. The molecule has 0 atom stereocenters. The first-order valence-corrected chi connectivity index (χ1v) is 4.90. The first kappa shape index (κ1) is 10.1. The fourth-order valence-electron chi connectivity index (χ4n) is 1.31. The molecule has 6 heteroatoms. The summed E-state index contributed by atoms with van der Waals surface area (Å²) in [6.07, 6.45) is 0. The second-order valence-corrected chi connectivity index (χ2v) is 3.75. The normalized spacial score (nSPS) is 10.8. The number of rotatable bonds is 2. The van der Waals surface area contributed by atoms with Crippen molar-refractivity contribution >= 4 is 32.8 Å². The standard InChI is InChI=1S/C9H6BrFN2O2/c10-9-6-3-5(11)1-2-7(6)12-13(9)4-8(14)15/h1-3H,4H2,(H,14,15). The van der Waals surface area contributed by atoms with E-state index >= 15 is 0 Å². The number of nitrogens with zero attached hydrogens (tertiary/aromatic N) is 2. The smallest absolute Gasteiger partial charge is 0.325 e. The van der Waals surface area contributed by atoms with Crippen LogP contribution in [-0.4, -0.2) is 20.9 Å². The highest BCUT2D eigenvalue weighted by molar-refractivity contribution is 9.10. The van der Waals surface area contributed by atoms with Gasteiger partial charge in [-0.05, 0) is 34.1 Å². The van der Waals surface area contributed by atoms with Crippen molar-refractivity contribution in [1.29, 1.82) is 0 Å². The maximum absolute atomic E-state index is 12.9. The fraction of sp³-hybridized carbons (Fsp3) is 0.111. The molecule has 0 fully saturated rings. The minimum absolute atomic E-state index is 0.253. The number of benzene rings is 1. The predicted octanol–water partition coefficient (Wildman–Crippen LogP) is 2.02. The lowest BCUT2D eigenvalue weighted by atomic mass is 10.2. The Morgan fingerprint density at radius 2 is 2.33 bits per heavy atom. The van der Waals surface area contributed by atoms with Gasteiger partial charge >= 0.3 is 5.97 Å². The quantitative estimate of drug-likeness (QED) is 0.910. The summed E-state index contributed by atoms with van der Waals surface area (Å²) in [6, 6.07) is 4.10. The summed E-state index contributed by atoms with van der Waals surface area (Å²) < 4.78 is 14.7. The molecule has 2 aromatic rings. The van der Waals surface area contributed by atoms with Crippen molar-refractivity contribution in [3.63, 3.8) is 0 Å². The molecule has 0 aliphatic rings. The summed E-state index contributed by atoms with van der Waals surface area (Å²) in [5.74, 6) is -1.37. The Labute approximate surface area is 92.4 Å². The van der Waals surface area contributed by atoms with Gasteiger partial charge in [0.25, 0.3) is 0 Å². The molecule has 0 saturated heterocycles. The van der Waals surface area contributed by atoms with Gasteiger partial charge in [-0.2, -0.15) is 5.10 Å². The molecule has 0 aliphatic heterocycles. The Morgan fingerprint density at radius 3 is 3.00 bits per heavy atom. The molecule has 15 heavy (non-hydrogen) atoms. The van der Waals surface area contributed by atoms with E-state index in [1.807, 2.05) is 0 Å². The third-order valence-corrected chi connectivity index (χ3v) is 2.76. The first-order chi connectivity index (χ1) is 7.08. The van der Waals surface area contributed by atoms with Crippen LogP contribution in [0.15, 0.2) is 22.8 Å². The van der Waals surface area contributed by atoms with Crippen molar-refractivity contribution in [1.82, 2.24) is 9.78 Å². The highest BCUT2D eigenvalue weighted by Crippen LogP contribution is 2.24. The van der Waals surface area contributed by atoms with E-state index in [2.05, 4.69) is 21.0 Å². The third-order valence-electron chi connectivity index (χ3n) is 1.92. The van der Waals surface area contributed by atoms with Crippen LogP contribution in [0.3, 0.4) is 0 Å². The Bertz CT molecular complexity index is 538. The van der Waals surface area contributed by atoms with Crippen molar-refractivity contribution in [2.45, 2.75) is 6.54 Å². The molecule has 1 aromatic carbocycles. The molecule has 0 bridgehead atoms. The number of aliphatic carboxylic acids is 1. The molecule has 0 unspecified atom stereocenters. The van der Waals surface area contributed by atoms with E-state index in [-0.39, 0.29) is 12.4 Å². The number of fused-ring (bicyclic) bond motifs is 1. The second-order valence-electron chi connectivity index (χ2n) is 3.00. The lowest BCUT2D eigenvalue weighted by Gasteiger charge is -1.96. The third kappa shape index (κ3) is 1.85. The molecule has 1 aromatic heterocycles. The molecule has 2 rings (SSSR count). The Kier molecular flexibility index (Phi) is 2.44. The van der Waals surface area contributed by atoms with Gasteiger partial charge < -0.3 is 5.11 Å². The van der Waals surface area contributed by atoms with Gasteiger partial charge in [0.2, 0.25) is 0 Å². The van der Waals surface area contributed by atoms with Crippen molar-refractivity contribution in [2.75, 3.05) is 0 Å². The number of carboxylic acid groups (broad SMARTS) is 1. The number of hydrogen-bond acceptors (Lipinski definition) is 2. The Morgan fingerprint density at radius 1 is 1.60 bits per heavy atom. The molecule has 1 heterocycles. The SMILES string of the molecule is O=C(O)Cn1nc2ccc(F)cc2c1Br. The van der Waals surface area contributed by atoms with Gasteiger partial charge in [-0.15, -0.1) is 0 Å². The molecule has 78 valence electrons. The van der Waals surface area contributed by atoms with E-state index < -0.39 is 5.97 Å². The van der Waals surface area contributed by atoms with E-state index in [1.165, 1.54) is 22.9 Å². The van der Waals surface area contributed by atoms with Crippen LogP contribution < -0.4 is 0 Å². The van der Waals surface area contributed by atoms with E-state index in [1.54, 1.807) is 0 Å². The molecule has 0 amide bonds. The van der Waals surface area contributed by atoms with Gasteiger partial charge in [-0.3, -0.25) is 4.79 Å². The predicted molar refractivity (Wildman–Crippen MR) is 55.0 cm³/mol. The number of carbonyl (C=O) groups is 1. The zero-order chi connectivity index (χ0) is 11.0. The summed E-state index contributed by atoms with van der Waals surface area (Å²) in [5, 5.41) is 13.2. The van der Waals surface area contributed by atoms with E-state index in [4.69, 9.17) is 5.11 Å². The Balaban J connectivity index is 2.59.